The predicted octanol–water partition coefficient (Wildman–Crippen LogP) is 2.99. The lowest BCUT2D eigenvalue weighted by molar-refractivity contribution is 0.229. The van der Waals surface area contributed by atoms with Crippen LogP contribution in [0.1, 0.15) is 24.3 Å². The van der Waals surface area contributed by atoms with E-state index in [4.69, 9.17) is 9.63 Å². The number of aromatic amines is 1. The Morgan fingerprint density at radius 3 is 2.86 bits per heavy atom. The largest absolute Gasteiger partial charge is 0.388 e. The van der Waals surface area contributed by atoms with E-state index in [2.05, 4.69) is 31.0 Å². The molecule has 3 aromatic heterocycles. The minimum atomic E-state index is -0.355. The zero-order valence-corrected chi connectivity index (χ0v) is 15.0. The van der Waals surface area contributed by atoms with Crippen molar-refractivity contribution in [2.75, 3.05) is 5.32 Å². The lowest BCUT2D eigenvalue weighted by atomic mass is 10.1. The van der Waals surface area contributed by atoms with Crippen molar-refractivity contribution < 1.29 is 14.4 Å². The van der Waals surface area contributed by atoms with Crippen LogP contribution >= 0.6 is 0 Å². The van der Waals surface area contributed by atoms with Gasteiger partial charge in [-0.25, -0.2) is 9.78 Å². The zero-order chi connectivity index (χ0) is 19.5. The van der Waals surface area contributed by atoms with Gasteiger partial charge in [0.1, 0.15) is 23.8 Å². The van der Waals surface area contributed by atoms with Crippen LogP contribution in [-0.2, 0) is 6.61 Å². The Bertz CT molecular complexity index is 1110. The summed E-state index contributed by atoms with van der Waals surface area (Å²) in [6, 6.07) is 12.5. The van der Waals surface area contributed by atoms with Gasteiger partial charge in [-0.1, -0.05) is 35.5 Å². The van der Waals surface area contributed by atoms with Crippen molar-refractivity contribution >= 4 is 22.8 Å². The lowest BCUT2D eigenvalue weighted by Gasteiger charge is -2.14. The fourth-order valence-electron chi connectivity index (χ4n) is 2.85. The molecule has 0 fully saturated rings. The maximum atomic E-state index is 12.3. The standard InChI is InChI=1S/C19H18N6O3/c1-11(12-5-3-2-4-6-12)21-19(27)22-17-8-15-14(9-20-17)18(24-23-15)16-7-13(10-26)28-25-16/h2-9,11,26H,10H2,1H3,(H,23,24)(H2,20,21,22,27). The van der Waals surface area contributed by atoms with Crippen LogP contribution in [0, 0.1) is 0 Å². The highest BCUT2D eigenvalue weighted by Gasteiger charge is 2.15. The molecular formula is C19H18N6O3. The highest BCUT2D eigenvalue weighted by atomic mass is 16.5. The third kappa shape index (κ3) is 3.55. The number of benzene rings is 1. The van der Waals surface area contributed by atoms with Gasteiger partial charge in [0.05, 0.1) is 11.6 Å². The summed E-state index contributed by atoms with van der Waals surface area (Å²) in [4.78, 5) is 16.5. The number of carbonyl (C=O) groups excluding carboxylic acids is 1. The minimum absolute atomic E-state index is 0.142. The highest BCUT2D eigenvalue weighted by molar-refractivity contribution is 5.95. The van der Waals surface area contributed by atoms with E-state index in [1.807, 2.05) is 37.3 Å². The van der Waals surface area contributed by atoms with Crippen LogP contribution in [-0.4, -0.2) is 31.5 Å². The first-order valence-corrected chi connectivity index (χ1v) is 8.67. The number of fused-ring (bicyclic) bond motifs is 1. The normalized spacial score (nSPS) is 12.1. The van der Waals surface area contributed by atoms with Crippen LogP contribution in [0.15, 0.2) is 53.2 Å². The molecule has 3 heterocycles. The number of pyridine rings is 1. The Balaban J connectivity index is 1.48. The van der Waals surface area contributed by atoms with Crippen molar-refractivity contribution in [2.45, 2.75) is 19.6 Å². The number of nitrogens with one attached hydrogen (secondary N) is 3. The molecular weight excluding hydrogens is 360 g/mol. The Morgan fingerprint density at radius 2 is 2.11 bits per heavy atom. The van der Waals surface area contributed by atoms with Gasteiger partial charge in [-0.15, -0.1) is 0 Å². The number of H-pyrrole nitrogens is 1. The van der Waals surface area contributed by atoms with Crippen molar-refractivity contribution in [3.05, 3.63) is 60.0 Å². The second kappa shape index (κ2) is 7.49. The Kier molecular flexibility index (Phi) is 4.73. The summed E-state index contributed by atoms with van der Waals surface area (Å²) >= 11 is 0. The lowest BCUT2D eigenvalue weighted by Crippen LogP contribution is -2.31. The molecule has 0 aliphatic rings. The Morgan fingerprint density at radius 1 is 1.29 bits per heavy atom. The molecule has 1 unspecified atom stereocenters. The number of hydrogen-bond acceptors (Lipinski definition) is 6. The van der Waals surface area contributed by atoms with Crippen LogP contribution in [0.4, 0.5) is 10.6 Å². The van der Waals surface area contributed by atoms with Crippen molar-refractivity contribution in [1.82, 2.24) is 25.7 Å². The fourth-order valence-corrected chi connectivity index (χ4v) is 2.85. The maximum Gasteiger partial charge on any atom is 0.320 e. The third-order valence-electron chi connectivity index (χ3n) is 4.29. The summed E-state index contributed by atoms with van der Waals surface area (Å²) in [5, 5.41) is 26.4. The van der Waals surface area contributed by atoms with Gasteiger partial charge < -0.3 is 14.9 Å². The van der Waals surface area contributed by atoms with E-state index in [0.29, 0.717) is 28.5 Å². The molecule has 0 bridgehead atoms. The van der Waals surface area contributed by atoms with Gasteiger partial charge in [0.15, 0.2) is 5.76 Å². The topological polar surface area (TPSA) is 129 Å². The maximum absolute atomic E-state index is 12.3. The number of amides is 2. The second-order valence-electron chi connectivity index (χ2n) is 6.25. The highest BCUT2D eigenvalue weighted by Crippen LogP contribution is 2.26. The van der Waals surface area contributed by atoms with E-state index < -0.39 is 0 Å². The van der Waals surface area contributed by atoms with Crippen molar-refractivity contribution in [2.24, 2.45) is 0 Å². The van der Waals surface area contributed by atoms with Gasteiger partial charge in [-0.05, 0) is 12.5 Å². The summed E-state index contributed by atoms with van der Waals surface area (Å²) in [7, 11) is 0. The number of hydrogen-bond donors (Lipinski definition) is 4. The van der Waals surface area contributed by atoms with E-state index in [1.54, 1.807) is 18.3 Å². The Labute approximate surface area is 159 Å². The summed E-state index contributed by atoms with van der Waals surface area (Å²) in [6.45, 7) is 1.67. The summed E-state index contributed by atoms with van der Waals surface area (Å²) in [5.74, 6) is 0.735. The number of nitrogens with zero attached hydrogens (tertiary/aromatic N) is 3. The summed E-state index contributed by atoms with van der Waals surface area (Å²) in [6.07, 6.45) is 1.59. The van der Waals surface area contributed by atoms with Gasteiger partial charge in [-0.3, -0.25) is 10.4 Å². The number of aromatic nitrogens is 4. The van der Waals surface area contributed by atoms with E-state index in [1.165, 1.54) is 0 Å². The molecule has 9 nitrogen and oxygen atoms in total. The first kappa shape index (κ1) is 17.7. The van der Waals surface area contributed by atoms with E-state index in [-0.39, 0.29) is 18.7 Å². The van der Waals surface area contributed by atoms with Crippen LogP contribution in [0.25, 0.3) is 22.3 Å². The molecule has 0 saturated heterocycles. The summed E-state index contributed by atoms with van der Waals surface area (Å²) in [5.41, 5.74) is 2.74. The molecule has 4 rings (SSSR count). The van der Waals surface area contributed by atoms with E-state index in [0.717, 1.165) is 10.9 Å². The molecule has 0 aliphatic carbocycles. The first-order valence-electron chi connectivity index (χ1n) is 8.67. The first-order chi connectivity index (χ1) is 13.6. The van der Waals surface area contributed by atoms with Gasteiger partial charge in [0.25, 0.3) is 0 Å². The number of aliphatic hydroxyl groups is 1. The molecule has 4 aromatic rings. The second-order valence-corrected chi connectivity index (χ2v) is 6.25. The molecule has 0 saturated carbocycles. The number of carbonyl (C=O) groups is 1. The monoisotopic (exact) mass is 378 g/mol. The van der Waals surface area contributed by atoms with Gasteiger partial charge in [-0.2, -0.15) is 5.10 Å². The molecule has 4 N–H and O–H groups in total. The number of aliphatic hydroxyl groups excluding tert-OH is 1. The van der Waals surface area contributed by atoms with Crippen LogP contribution in [0.5, 0.6) is 0 Å². The predicted molar refractivity (Wildman–Crippen MR) is 102 cm³/mol. The van der Waals surface area contributed by atoms with Crippen molar-refractivity contribution in [1.29, 1.82) is 0 Å². The van der Waals surface area contributed by atoms with Gasteiger partial charge in [0, 0.05) is 23.7 Å². The molecule has 142 valence electrons. The molecule has 9 heteroatoms. The Hall–Kier alpha value is -3.72. The average Bonchev–Trinajstić information content (AvgIpc) is 3.34. The molecule has 0 spiro atoms. The van der Waals surface area contributed by atoms with E-state index in [9.17, 15) is 4.79 Å². The molecule has 1 atom stereocenters. The molecule has 0 aliphatic heterocycles. The van der Waals surface area contributed by atoms with E-state index >= 15 is 0 Å². The fraction of sp³-hybridized carbons (Fsp3) is 0.158. The molecule has 1 aromatic carbocycles. The van der Waals surface area contributed by atoms with Crippen molar-refractivity contribution in [3.8, 4) is 11.4 Å². The van der Waals surface area contributed by atoms with Crippen LogP contribution in [0.3, 0.4) is 0 Å². The SMILES string of the molecule is CC(NC(=O)Nc1cc2[nH]nc(-c3cc(CO)on3)c2cn1)c1ccccc1. The van der Waals surface area contributed by atoms with Gasteiger partial charge >= 0.3 is 6.03 Å². The zero-order valence-electron chi connectivity index (χ0n) is 15.0. The smallest absolute Gasteiger partial charge is 0.320 e. The minimum Gasteiger partial charge on any atom is -0.388 e. The molecule has 2 amide bonds. The van der Waals surface area contributed by atoms with Crippen LogP contribution in [0.2, 0.25) is 0 Å². The van der Waals surface area contributed by atoms with Crippen molar-refractivity contribution in [3.63, 3.8) is 0 Å². The number of rotatable bonds is 5. The van der Waals surface area contributed by atoms with Crippen LogP contribution < -0.4 is 10.6 Å². The molecule has 0 radical (unpaired) electrons. The number of urea groups is 1. The van der Waals surface area contributed by atoms with Gasteiger partial charge in [0.2, 0.25) is 0 Å². The number of anilines is 1. The summed E-state index contributed by atoms with van der Waals surface area (Å²) < 4.78 is 5.00. The average molecular weight is 378 g/mol. The molecule has 28 heavy (non-hydrogen) atoms. The third-order valence-corrected chi connectivity index (χ3v) is 4.29. The quantitative estimate of drug-likeness (QED) is 0.422.